The fraction of sp³-hybridized carbons (Fsp3) is 0.300. The molecule has 1 aliphatic carbocycles. The molecule has 5 rings (SSSR count). The van der Waals surface area contributed by atoms with Crippen LogP contribution in [0, 0.1) is 6.92 Å². The van der Waals surface area contributed by atoms with Crippen LogP contribution in [0.2, 0.25) is 0 Å². The van der Waals surface area contributed by atoms with Gasteiger partial charge in [0.15, 0.2) is 11.6 Å². The first-order chi connectivity index (χ1) is 12.7. The van der Waals surface area contributed by atoms with Crippen LogP contribution >= 0.6 is 0 Å². The first kappa shape index (κ1) is 15.3. The number of aromatic amines is 1. The minimum Gasteiger partial charge on any atom is -0.300 e. The summed E-state index contributed by atoms with van der Waals surface area (Å²) in [5, 5.41) is 4.31. The number of nitrogens with one attached hydrogen (secondary N) is 1. The van der Waals surface area contributed by atoms with Crippen LogP contribution in [0.25, 0.3) is 33.7 Å². The van der Waals surface area contributed by atoms with E-state index in [1.54, 1.807) is 6.20 Å². The Morgan fingerprint density at radius 3 is 2.77 bits per heavy atom. The van der Waals surface area contributed by atoms with E-state index < -0.39 is 0 Å². The van der Waals surface area contributed by atoms with E-state index in [0.29, 0.717) is 23.3 Å². The van der Waals surface area contributed by atoms with Gasteiger partial charge in [0.1, 0.15) is 5.56 Å². The Kier molecular flexibility index (Phi) is 3.38. The Hall–Kier alpha value is -3.02. The number of benzene rings is 1. The Bertz CT molecular complexity index is 1130. The molecular formula is C20H19N5O. The highest BCUT2D eigenvalue weighted by molar-refractivity contribution is 5.92. The number of hydrogen-bond donors (Lipinski definition) is 1. The van der Waals surface area contributed by atoms with Crippen LogP contribution in [0.15, 0.2) is 41.3 Å². The lowest BCUT2D eigenvalue weighted by Crippen LogP contribution is -2.16. The zero-order valence-electron chi connectivity index (χ0n) is 14.6. The second-order valence-corrected chi connectivity index (χ2v) is 6.97. The first-order valence-corrected chi connectivity index (χ1v) is 9.05. The second kappa shape index (κ2) is 5.76. The molecule has 2 aromatic rings. The van der Waals surface area contributed by atoms with Crippen LogP contribution in [0.1, 0.15) is 37.4 Å². The predicted molar refractivity (Wildman–Crippen MR) is 100 cm³/mol. The minimum atomic E-state index is -0.226. The molecule has 6 heteroatoms. The molecule has 0 atom stereocenters. The van der Waals surface area contributed by atoms with Gasteiger partial charge in [-0.05, 0) is 31.9 Å². The summed E-state index contributed by atoms with van der Waals surface area (Å²) in [6.07, 6.45) is 6.41. The van der Waals surface area contributed by atoms with Crippen molar-refractivity contribution >= 4 is 10.9 Å². The van der Waals surface area contributed by atoms with Crippen molar-refractivity contribution in [3.8, 4) is 22.8 Å². The molecule has 6 nitrogen and oxygen atoms in total. The van der Waals surface area contributed by atoms with Crippen molar-refractivity contribution in [2.75, 3.05) is 0 Å². The largest absolute Gasteiger partial charge is 0.300 e. The summed E-state index contributed by atoms with van der Waals surface area (Å²) in [6, 6.07) is 10.1. The lowest BCUT2D eigenvalue weighted by Gasteiger charge is -2.14. The van der Waals surface area contributed by atoms with Crippen LogP contribution in [-0.2, 0) is 0 Å². The summed E-state index contributed by atoms with van der Waals surface area (Å²) < 4.78 is 2.08. The Balaban J connectivity index is 1.77. The van der Waals surface area contributed by atoms with Gasteiger partial charge in [-0.1, -0.05) is 31.0 Å². The van der Waals surface area contributed by atoms with E-state index in [2.05, 4.69) is 19.7 Å². The molecule has 0 spiro atoms. The van der Waals surface area contributed by atoms with Gasteiger partial charge in [-0.2, -0.15) is 4.98 Å². The summed E-state index contributed by atoms with van der Waals surface area (Å²) in [6.45, 7) is 1.92. The maximum absolute atomic E-state index is 12.8. The molecule has 0 bridgehead atoms. The van der Waals surface area contributed by atoms with E-state index in [9.17, 15) is 4.79 Å². The molecule has 3 heterocycles. The van der Waals surface area contributed by atoms with Crippen LogP contribution in [0.3, 0.4) is 0 Å². The van der Waals surface area contributed by atoms with Gasteiger partial charge in [-0.25, -0.2) is 4.98 Å². The summed E-state index contributed by atoms with van der Waals surface area (Å²) >= 11 is 0. The second-order valence-electron chi connectivity index (χ2n) is 6.97. The maximum Gasteiger partial charge on any atom is 0.284 e. The number of nitrogens with zero attached hydrogens (tertiary/aromatic N) is 4. The van der Waals surface area contributed by atoms with E-state index >= 15 is 0 Å². The number of pyridine rings is 1. The fourth-order valence-electron chi connectivity index (χ4n) is 4.06. The molecule has 1 aromatic carbocycles. The molecule has 1 N–H and O–H groups in total. The topological polar surface area (TPSA) is 76.5 Å². The number of rotatable bonds is 2. The van der Waals surface area contributed by atoms with Crippen molar-refractivity contribution in [3.05, 3.63) is 52.6 Å². The monoisotopic (exact) mass is 345 g/mol. The molecule has 0 unspecified atom stereocenters. The van der Waals surface area contributed by atoms with Gasteiger partial charge in [-0.3, -0.25) is 14.5 Å². The number of aromatic nitrogens is 5. The van der Waals surface area contributed by atoms with Crippen LogP contribution < -0.4 is 5.56 Å². The quantitative estimate of drug-likeness (QED) is 0.601. The number of para-hydroxylation sites is 1. The van der Waals surface area contributed by atoms with Crippen molar-refractivity contribution in [2.24, 2.45) is 0 Å². The van der Waals surface area contributed by atoms with Gasteiger partial charge in [-0.15, -0.1) is 0 Å². The van der Waals surface area contributed by atoms with Crippen molar-refractivity contribution < 1.29 is 0 Å². The molecule has 1 fully saturated rings. The third-order valence-corrected chi connectivity index (χ3v) is 5.33. The predicted octanol–water partition coefficient (Wildman–Crippen LogP) is 3.71. The highest BCUT2D eigenvalue weighted by atomic mass is 16.1. The summed E-state index contributed by atoms with van der Waals surface area (Å²) in [7, 11) is 0. The lowest BCUT2D eigenvalue weighted by atomic mass is 10.1. The Morgan fingerprint density at radius 1 is 1.12 bits per heavy atom. The van der Waals surface area contributed by atoms with Crippen molar-refractivity contribution in [1.29, 1.82) is 0 Å². The van der Waals surface area contributed by atoms with Gasteiger partial charge >= 0.3 is 0 Å². The average molecular weight is 345 g/mol. The van der Waals surface area contributed by atoms with Gasteiger partial charge < -0.3 is 5.10 Å². The van der Waals surface area contributed by atoms with Crippen molar-refractivity contribution in [2.45, 2.75) is 38.6 Å². The number of fused-ring (bicyclic) bond motifs is 2. The Labute approximate surface area is 150 Å². The summed E-state index contributed by atoms with van der Waals surface area (Å²) in [4.78, 5) is 26.3. The molecule has 2 aliphatic heterocycles. The first-order valence-electron chi connectivity index (χ1n) is 9.05. The number of hydrogen-bond acceptors (Lipinski definition) is 4. The highest BCUT2D eigenvalue weighted by Crippen LogP contribution is 2.34. The zero-order chi connectivity index (χ0) is 17.7. The van der Waals surface area contributed by atoms with Gasteiger partial charge in [0, 0.05) is 22.8 Å². The van der Waals surface area contributed by atoms with Crippen molar-refractivity contribution in [3.63, 3.8) is 0 Å². The van der Waals surface area contributed by atoms with Crippen LogP contribution in [0.4, 0.5) is 0 Å². The van der Waals surface area contributed by atoms with Crippen LogP contribution in [0.5, 0.6) is 0 Å². The van der Waals surface area contributed by atoms with Crippen molar-refractivity contribution in [1.82, 2.24) is 24.7 Å². The third-order valence-electron chi connectivity index (χ3n) is 5.33. The maximum atomic E-state index is 12.8. The fourth-order valence-corrected chi connectivity index (χ4v) is 4.06. The average Bonchev–Trinajstić information content (AvgIpc) is 3.29. The molecule has 130 valence electrons. The Morgan fingerprint density at radius 2 is 1.92 bits per heavy atom. The third kappa shape index (κ3) is 2.25. The van der Waals surface area contributed by atoms with Gasteiger partial charge in [0.05, 0.1) is 11.6 Å². The molecule has 1 saturated carbocycles. The SMILES string of the molecule is Cc1[nH]n(C2CCCC2)c2nc(-c3ccnc4ccccc34)nc(=O)c1-2. The number of aryl methyl sites for hydroxylation is 1. The molecule has 1 aromatic heterocycles. The molecule has 26 heavy (non-hydrogen) atoms. The van der Waals surface area contributed by atoms with E-state index in [1.807, 2.05) is 37.3 Å². The molecule has 0 radical (unpaired) electrons. The van der Waals surface area contributed by atoms with E-state index in [1.165, 1.54) is 12.8 Å². The van der Waals surface area contributed by atoms with Gasteiger partial charge in [0.2, 0.25) is 0 Å². The zero-order valence-corrected chi connectivity index (χ0v) is 14.6. The van der Waals surface area contributed by atoms with E-state index in [-0.39, 0.29) is 5.56 Å². The smallest absolute Gasteiger partial charge is 0.284 e. The molecule has 3 aliphatic rings. The molecular weight excluding hydrogens is 326 g/mol. The minimum absolute atomic E-state index is 0.226. The molecule has 0 saturated heterocycles. The standard InChI is InChI=1S/C20H19N5O/c1-12-17-19(25(24-12)13-6-2-3-7-13)22-18(23-20(17)26)15-10-11-21-16-9-5-4-8-14(15)16/h4-5,8-11,13,24H,2-3,6-7H2,1H3. The van der Waals surface area contributed by atoms with Crippen LogP contribution in [-0.4, -0.2) is 24.7 Å². The van der Waals surface area contributed by atoms with E-state index in [0.717, 1.165) is 35.0 Å². The highest BCUT2D eigenvalue weighted by Gasteiger charge is 2.27. The lowest BCUT2D eigenvalue weighted by molar-refractivity contribution is 0.466. The normalized spacial score (nSPS) is 15.3. The molecule has 0 amide bonds. The number of H-pyrrole nitrogens is 1. The van der Waals surface area contributed by atoms with E-state index in [4.69, 9.17) is 4.98 Å². The van der Waals surface area contributed by atoms with Gasteiger partial charge in [0.25, 0.3) is 5.56 Å². The summed E-state index contributed by atoms with van der Waals surface area (Å²) in [5.41, 5.74) is 2.92. The summed E-state index contributed by atoms with van der Waals surface area (Å²) in [5.74, 6) is 1.18.